The molecule has 0 bridgehead atoms. The Labute approximate surface area is 231 Å². The van der Waals surface area contributed by atoms with E-state index in [1.54, 1.807) is 43.3 Å². The lowest BCUT2D eigenvalue weighted by Gasteiger charge is -2.33. The first-order valence-corrected chi connectivity index (χ1v) is 13.2. The van der Waals surface area contributed by atoms with E-state index in [4.69, 9.17) is 10.5 Å². The van der Waals surface area contributed by atoms with E-state index in [0.717, 1.165) is 11.8 Å². The normalized spacial score (nSPS) is 14.4. The number of primary amides is 1. The average molecular weight is 539 g/mol. The van der Waals surface area contributed by atoms with E-state index >= 15 is 0 Å². The third kappa shape index (κ3) is 9.83. The fraction of sp³-hybridized carbons (Fsp3) is 0.467. The molecule has 0 spiro atoms. The molecule has 2 aromatic carbocycles. The van der Waals surface area contributed by atoms with Crippen LogP contribution in [0.25, 0.3) is 0 Å². The van der Waals surface area contributed by atoms with Gasteiger partial charge in [-0.05, 0) is 68.6 Å². The van der Waals surface area contributed by atoms with Crippen molar-refractivity contribution in [3.63, 3.8) is 0 Å². The molecule has 2 rings (SSSR count). The van der Waals surface area contributed by atoms with Gasteiger partial charge in [-0.15, -0.1) is 0 Å². The molecule has 212 valence electrons. The summed E-state index contributed by atoms with van der Waals surface area (Å²) in [6.45, 7) is 7.61. The highest BCUT2D eigenvalue weighted by Gasteiger charge is 2.37. The molecule has 0 radical (unpaired) electrons. The predicted molar refractivity (Wildman–Crippen MR) is 151 cm³/mol. The molecule has 39 heavy (non-hydrogen) atoms. The van der Waals surface area contributed by atoms with Crippen LogP contribution in [-0.4, -0.2) is 67.2 Å². The van der Waals surface area contributed by atoms with Crippen LogP contribution in [0.1, 0.15) is 50.0 Å². The number of amides is 3. The van der Waals surface area contributed by atoms with E-state index in [2.05, 4.69) is 10.6 Å². The molecule has 0 heterocycles. The number of rotatable bonds is 15. The summed E-state index contributed by atoms with van der Waals surface area (Å²) in [5.41, 5.74) is 7.05. The summed E-state index contributed by atoms with van der Waals surface area (Å²) in [4.78, 5) is 52.3. The third-order valence-electron chi connectivity index (χ3n) is 6.42. The average Bonchev–Trinajstić information content (AvgIpc) is 2.88. The van der Waals surface area contributed by atoms with Crippen molar-refractivity contribution < 1.29 is 23.9 Å². The zero-order chi connectivity index (χ0) is 29.1. The molecular formula is C30H42N4O5. The van der Waals surface area contributed by atoms with Crippen LogP contribution in [0.3, 0.4) is 0 Å². The van der Waals surface area contributed by atoms with Crippen molar-refractivity contribution in [2.24, 2.45) is 17.6 Å². The molecule has 0 aliphatic carbocycles. The van der Waals surface area contributed by atoms with Gasteiger partial charge >= 0.3 is 0 Å². The molecular weight excluding hydrogens is 496 g/mol. The van der Waals surface area contributed by atoms with E-state index in [9.17, 15) is 19.2 Å². The molecule has 0 saturated heterocycles. The number of hydrogen-bond acceptors (Lipinski definition) is 6. The molecule has 0 saturated carbocycles. The van der Waals surface area contributed by atoms with Crippen molar-refractivity contribution in [2.75, 3.05) is 14.1 Å². The van der Waals surface area contributed by atoms with Crippen molar-refractivity contribution >= 4 is 24.0 Å². The third-order valence-corrected chi connectivity index (χ3v) is 6.42. The Kier molecular flexibility index (Phi) is 12.1. The van der Waals surface area contributed by atoms with E-state index in [-0.39, 0.29) is 17.7 Å². The number of nitrogens with zero attached hydrogens (tertiary/aromatic N) is 1. The van der Waals surface area contributed by atoms with Crippen LogP contribution in [0, 0.1) is 11.8 Å². The summed E-state index contributed by atoms with van der Waals surface area (Å²) >= 11 is 0. The van der Waals surface area contributed by atoms with Crippen LogP contribution in [0.4, 0.5) is 0 Å². The molecule has 0 aliphatic heterocycles. The molecule has 0 aromatic heterocycles. The second-order valence-corrected chi connectivity index (χ2v) is 10.8. The summed E-state index contributed by atoms with van der Waals surface area (Å²) in [6, 6.07) is 13.5. The molecule has 3 amide bonds. The Bertz CT molecular complexity index is 1090. The number of benzene rings is 2. The Morgan fingerprint density at radius 1 is 0.923 bits per heavy atom. The van der Waals surface area contributed by atoms with Crippen molar-refractivity contribution in [1.29, 1.82) is 0 Å². The first-order valence-electron chi connectivity index (χ1n) is 13.2. The van der Waals surface area contributed by atoms with Gasteiger partial charge in [0.25, 0.3) is 0 Å². The second kappa shape index (κ2) is 15.0. The summed E-state index contributed by atoms with van der Waals surface area (Å²) < 4.78 is 6.22. The van der Waals surface area contributed by atoms with Gasteiger partial charge in [0, 0.05) is 5.56 Å². The van der Waals surface area contributed by atoms with Gasteiger partial charge in [0.05, 0.1) is 6.04 Å². The molecule has 2 aromatic rings. The highest BCUT2D eigenvalue weighted by Crippen LogP contribution is 2.20. The van der Waals surface area contributed by atoms with Crippen LogP contribution in [0.5, 0.6) is 5.75 Å². The van der Waals surface area contributed by atoms with E-state index in [1.807, 2.05) is 58.0 Å². The van der Waals surface area contributed by atoms with Gasteiger partial charge in [0.15, 0.2) is 0 Å². The number of nitrogens with two attached hydrogens (primary N) is 1. The Hall–Kier alpha value is -3.72. The van der Waals surface area contributed by atoms with Gasteiger partial charge in [0.2, 0.25) is 17.7 Å². The molecule has 9 heteroatoms. The highest BCUT2D eigenvalue weighted by molar-refractivity contribution is 5.93. The molecule has 9 nitrogen and oxygen atoms in total. The van der Waals surface area contributed by atoms with Crippen LogP contribution in [0.2, 0.25) is 0 Å². The lowest BCUT2D eigenvalue weighted by molar-refractivity contribution is -0.136. The van der Waals surface area contributed by atoms with Gasteiger partial charge < -0.3 is 21.1 Å². The van der Waals surface area contributed by atoms with Crippen LogP contribution >= 0.6 is 0 Å². The minimum absolute atomic E-state index is 0.105. The Balaban J connectivity index is 2.41. The van der Waals surface area contributed by atoms with Gasteiger partial charge in [-0.25, -0.2) is 0 Å². The van der Waals surface area contributed by atoms with Crippen molar-refractivity contribution in [3.05, 3.63) is 65.7 Å². The SMILES string of the molecule is CC(C)CC(NC(=O)C(NC(=O)C(Cc1ccccc1)N(C)C)C(Oc1ccc(C=O)cc1)C(C)C)C(N)=O. The van der Waals surface area contributed by atoms with Gasteiger partial charge in [0.1, 0.15) is 30.2 Å². The Morgan fingerprint density at radius 2 is 1.54 bits per heavy atom. The lowest BCUT2D eigenvalue weighted by Crippen LogP contribution is -2.61. The molecule has 4 N–H and O–H groups in total. The standard InChI is InChI=1S/C30H42N4O5/c1-19(2)16-24(28(31)36)32-30(38)26(27(20(3)4)39-23-14-12-22(18-35)13-15-23)33-29(37)25(34(5)6)17-21-10-8-7-9-11-21/h7-15,18-20,24-27H,16-17H2,1-6H3,(H2,31,36)(H,32,38)(H,33,37). The van der Waals surface area contributed by atoms with Crippen LogP contribution < -0.4 is 21.1 Å². The number of aldehydes is 1. The smallest absolute Gasteiger partial charge is 0.247 e. The van der Waals surface area contributed by atoms with E-state index < -0.39 is 36.0 Å². The van der Waals surface area contributed by atoms with Crippen LogP contribution in [0.15, 0.2) is 54.6 Å². The van der Waals surface area contributed by atoms with Crippen molar-refractivity contribution in [3.8, 4) is 5.75 Å². The van der Waals surface area contributed by atoms with Gasteiger partial charge in [-0.2, -0.15) is 0 Å². The monoisotopic (exact) mass is 538 g/mol. The second-order valence-electron chi connectivity index (χ2n) is 10.8. The quantitative estimate of drug-likeness (QED) is 0.299. The highest BCUT2D eigenvalue weighted by atomic mass is 16.5. The zero-order valence-electron chi connectivity index (χ0n) is 23.7. The number of carbonyl (C=O) groups excluding carboxylic acids is 4. The minimum Gasteiger partial charge on any atom is -0.487 e. The van der Waals surface area contributed by atoms with Gasteiger partial charge in [-0.3, -0.25) is 24.1 Å². The fourth-order valence-electron chi connectivity index (χ4n) is 4.24. The van der Waals surface area contributed by atoms with Crippen molar-refractivity contribution in [2.45, 2.75) is 64.8 Å². The number of nitrogens with one attached hydrogen (secondary N) is 2. The summed E-state index contributed by atoms with van der Waals surface area (Å²) in [6.07, 6.45) is 0.734. The van der Waals surface area contributed by atoms with E-state index in [0.29, 0.717) is 24.2 Å². The molecule has 4 atom stereocenters. The molecule has 4 unspecified atom stereocenters. The zero-order valence-corrected chi connectivity index (χ0v) is 23.7. The minimum atomic E-state index is -1.13. The topological polar surface area (TPSA) is 131 Å². The fourth-order valence-corrected chi connectivity index (χ4v) is 4.24. The predicted octanol–water partition coefficient (Wildman–Crippen LogP) is 2.58. The van der Waals surface area contributed by atoms with E-state index in [1.165, 1.54) is 0 Å². The summed E-state index contributed by atoms with van der Waals surface area (Å²) in [7, 11) is 3.61. The lowest BCUT2D eigenvalue weighted by atomic mass is 9.96. The number of ether oxygens (including phenoxy) is 1. The number of carbonyl (C=O) groups is 4. The maximum absolute atomic E-state index is 13.7. The first kappa shape index (κ1) is 31.5. The first-order chi connectivity index (χ1) is 18.4. The maximum atomic E-state index is 13.7. The number of hydrogen-bond donors (Lipinski definition) is 3. The largest absolute Gasteiger partial charge is 0.487 e. The maximum Gasteiger partial charge on any atom is 0.247 e. The Morgan fingerprint density at radius 3 is 2.03 bits per heavy atom. The molecule has 0 aliphatic rings. The summed E-state index contributed by atoms with van der Waals surface area (Å²) in [5.74, 6) is -1.23. The number of likely N-dealkylation sites (N-methyl/N-ethyl adjacent to an activating group) is 1. The van der Waals surface area contributed by atoms with Crippen LogP contribution in [-0.2, 0) is 20.8 Å². The summed E-state index contributed by atoms with van der Waals surface area (Å²) in [5, 5.41) is 5.66. The van der Waals surface area contributed by atoms with Crippen molar-refractivity contribution in [1.82, 2.24) is 15.5 Å². The van der Waals surface area contributed by atoms with Gasteiger partial charge in [-0.1, -0.05) is 58.0 Å². The molecule has 0 fully saturated rings.